The van der Waals surface area contributed by atoms with E-state index in [2.05, 4.69) is 5.32 Å². The largest absolute Gasteiger partial charge is 0.452 e. The molecule has 0 spiro atoms. The SMILES string of the molecule is O=C(COC(=O)c1ccc(Cl)cc1F)NCc1ccccc1Cl. The Morgan fingerprint density at radius 1 is 1.13 bits per heavy atom. The molecule has 0 atom stereocenters. The van der Waals surface area contributed by atoms with Crippen molar-refractivity contribution in [3.63, 3.8) is 0 Å². The molecule has 0 unspecified atom stereocenters. The number of carbonyl (C=O) groups is 2. The van der Waals surface area contributed by atoms with Gasteiger partial charge in [-0.2, -0.15) is 0 Å². The first kappa shape index (κ1) is 17.2. The first-order valence-corrected chi connectivity index (χ1v) is 7.35. The van der Waals surface area contributed by atoms with E-state index in [4.69, 9.17) is 27.9 Å². The van der Waals surface area contributed by atoms with Gasteiger partial charge >= 0.3 is 5.97 Å². The van der Waals surface area contributed by atoms with Gasteiger partial charge < -0.3 is 10.1 Å². The van der Waals surface area contributed by atoms with Crippen LogP contribution in [-0.2, 0) is 16.1 Å². The molecule has 0 saturated heterocycles. The Hall–Kier alpha value is -2.11. The van der Waals surface area contributed by atoms with E-state index in [0.717, 1.165) is 11.6 Å². The van der Waals surface area contributed by atoms with Crippen molar-refractivity contribution in [2.24, 2.45) is 0 Å². The minimum Gasteiger partial charge on any atom is -0.452 e. The molecule has 0 heterocycles. The number of benzene rings is 2. The molecule has 2 aromatic carbocycles. The maximum Gasteiger partial charge on any atom is 0.341 e. The number of halogens is 3. The van der Waals surface area contributed by atoms with Crippen molar-refractivity contribution in [3.8, 4) is 0 Å². The molecule has 1 N–H and O–H groups in total. The van der Waals surface area contributed by atoms with Crippen LogP contribution in [0.3, 0.4) is 0 Å². The van der Waals surface area contributed by atoms with Gasteiger partial charge in [-0.05, 0) is 29.8 Å². The number of nitrogens with one attached hydrogen (secondary N) is 1. The first-order chi connectivity index (χ1) is 11.0. The van der Waals surface area contributed by atoms with Crippen molar-refractivity contribution < 1.29 is 18.7 Å². The summed E-state index contributed by atoms with van der Waals surface area (Å²) >= 11 is 11.6. The maximum atomic E-state index is 13.5. The molecule has 0 aromatic heterocycles. The summed E-state index contributed by atoms with van der Waals surface area (Å²) in [4.78, 5) is 23.4. The van der Waals surface area contributed by atoms with Crippen molar-refractivity contribution in [2.45, 2.75) is 6.54 Å². The number of amides is 1. The second-order valence-corrected chi connectivity index (χ2v) is 5.41. The molecule has 4 nitrogen and oxygen atoms in total. The van der Waals surface area contributed by atoms with Crippen LogP contribution < -0.4 is 5.32 Å². The maximum absolute atomic E-state index is 13.5. The quantitative estimate of drug-likeness (QED) is 0.833. The third-order valence-corrected chi connectivity index (χ3v) is 3.52. The van der Waals surface area contributed by atoms with Crippen LogP contribution in [0.2, 0.25) is 10.0 Å². The number of carbonyl (C=O) groups excluding carboxylic acids is 2. The van der Waals surface area contributed by atoms with Crippen molar-refractivity contribution in [2.75, 3.05) is 6.61 Å². The van der Waals surface area contributed by atoms with E-state index < -0.39 is 24.3 Å². The second-order valence-electron chi connectivity index (χ2n) is 4.57. The van der Waals surface area contributed by atoms with Crippen LogP contribution >= 0.6 is 23.2 Å². The summed E-state index contributed by atoms with van der Waals surface area (Å²) in [5.41, 5.74) is 0.450. The Kier molecular flexibility index (Phi) is 5.96. The molecular formula is C16H12Cl2FNO3. The molecule has 2 rings (SSSR count). The minimum absolute atomic E-state index is 0.163. The van der Waals surface area contributed by atoms with Crippen molar-refractivity contribution in [1.29, 1.82) is 0 Å². The van der Waals surface area contributed by atoms with Gasteiger partial charge in [0.25, 0.3) is 5.91 Å². The van der Waals surface area contributed by atoms with E-state index >= 15 is 0 Å². The fourth-order valence-electron chi connectivity index (χ4n) is 1.75. The highest BCUT2D eigenvalue weighted by Crippen LogP contribution is 2.16. The molecular weight excluding hydrogens is 344 g/mol. The van der Waals surface area contributed by atoms with Crippen molar-refractivity contribution in [3.05, 3.63) is 69.5 Å². The fourth-order valence-corrected chi connectivity index (χ4v) is 2.11. The molecule has 0 bridgehead atoms. The molecule has 7 heteroatoms. The standard InChI is InChI=1S/C16H12Cl2FNO3/c17-11-5-6-12(14(19)7-11)16(22)23-9-15(21)20-8-10-3-1-2-4-13(10)18/h1-7H,8-9H2,(H,20,21). The average Bonchev–Trinajstić information content (AvgIpc) is 2.52. The minimum atomic E-state index is -0.938. The summed E-state index contributed by atoms with van der Waals surface area (Å²) < 4.78 is 18.3. The smallest absolute Gasteiger partial charge is 0.341 e. The normalized spacial score (nSPS) is 10.2. The van der Waals surface area contributed by atoms with E-state index in [1.54, 1.807) is 24.3 Å². The number of hydrogen-bond donors (Lipinski definition) is 1. The van der Waals surface area contributed by atoms with Crippen molar-refractivity contribution >= 4 is 35.1 Å². The van der Waals surface area contributed by atoms with Crippen molar-refractivity contribution in [1.82, 2.24) is 5.32 Å². The van der Waals surface area contributed by atoms with Crippen LogP contribution in [0.1, 0.15) is 15.9 Å². The molecule has 0 aliphatic carbocycles. The number of hydrogen-bond acceptors (Lipinski definition) is 3. The zero-order valence-corrected chi connectivity index (χ0v) is 13.3. The lowest BCUT2D eigenvalue weighted by Crippen LogP contribution is -2.28. The first-order valence-electron chi connectivity index (χ1n) is 6.59. The Morgan fingerprint density at radius 2 is 1.87 bits per heavy atom. The van der Waals surface area contributed by atoms with Crippen LogP contribution in [0.5, 0.6) is 0 Å². The Labute approximate surface area is 142 Å². The summed E-state index contributed by atoms with van der Waals surface area (Å²) in [5, 5.41) is 3.24. The van der Waals surface area contributed by atoms with Gasteiger partial charge in [0.05, 0.1) is 5.56 Å². The molecule has 0 fully saturated rings. The third-order valence-electron chi connectivity index (χ3n) is 2.92. The number of ether oxygens (including phenoxy) is 1. The Morgan fingerprint density at radius 3 is 2.57 bits per heavy atom. The monoisotopic (exact) mass is 355 g/mol. The fraction of sp³-hybridized carbons (Fsp3) is 0.125. The average molecular weight is 356 g/mol. The van der Waals surface area contributed by atoms with Gasteiger partial charge in [0.1, 0.15) is 5.82 Å². The van der Waals surface area contributed by atoms with Crippen LogP contribution in [-0.4, -0.2) is 18.5 Å². The van der Waals surface area contributed by atoms with Crippen LogP contribution in [0.15, 0.2) is 42.5 Å². The van der Waals surface area contributed by atoms with E-state index in [9.17, 15) is 14.0 Å². The highest BCUT2D eigenvalue weighted by Gasteiger charge is 2.15. The third kappa shape index (κ3) is 4.94. The summed E-state index contributed by atoms with van der Waals surface area (Å²) in [6, 6.07) is 10.6. The predicted molar refractivity (Wildman–Crippen MR) is 85.0 cm³/mol. The van der Waals surface area contributed by atoms with Crippen LogP contribution in [0.25, 0.3) is 0 Å². The second kappa shape index (κ2) is 7.94. The zero-order chi connectivity index (χ0) is 16.8. The number of esters is 1. The van der Waals surface area contributed by atoms with Gasteiger partial charge in [-0.15, -0.1) is 0 Å². The highest BCUT2D eigenvalue weighted by atomic mass is 35.5. The zero-order valence-electron chi connectivity index (χ0n) is 11.8. The lowest BCUT2D eigenvalue weighted by Gasteiger charge is -2.08. The van der Waals surface area contributed by atoms with Gasteiger partial charge in [0.15, 0.2) is 6.61 Å². The van der Waals surface area contributed by atoms with Crippen LogP contribution in [0, 0.1) is 5.82 Å². The summed E-state index contributed by atoms with van der Waals surface area (Å²) in [6.45, 7) is -0.323. The van der Waals surface area contributed by atoms with E-state index in [-0.39, 0.29) is 17.1 Å². The highest BCUT2D eigenvalue weighted by molar-refractivity contribution is 6.31. The Bertz CT molecular complexity index is 737. The number of rotatable bonds is 5. The summed E-state index contributed by atoms with van der Waals surface area (Å²) in [6.07, 6.45) is 0. The summed E-state index contributed by atoms with van der Waals surface area (Å²) in [5.74, 6) is -2.27. The molecule has 23 heavy (non-hydrogen) atoms. The van der Waals surface area contributed by atoms with E-state index in [1.165, 1.54) is 12.1 Å². The van der Waals surface area contributed by atoms with Crippen LogP contribution in [0.4, 0.5) is 4.39 Å². The Balaban J connectivity index is 1.84. The molecule has 0 saturated carbocycles. The summed E-state index contributed by atoms with van der Waals surface area (Å²) in [7, 11) is 0. The molecule has 0 aliphatic rings. The van der Waals surface area contributed by atoms with Gasteiger partial charge in [0, 0.05) is 16.6 Å². The molecule has 1 amide bonds. The predicted octanol–water partition coefficient (Wildman–Crippen LogP) is 3.61. The van der Waals surface area contributed by atoms with E-state index in [0.29, 0.717) is 5.02 Å². The van der Waals surface area contributed by atoms with Gasteiger partial charge in [-0.1, -0.05) is 41.4 Å². The molecule has 2 aromatic rings. The molecule has 120 valence electrons. The van der Waals surface area contributed by atoms with E-state index in [1.807, 2.05) is 0 Å². The molecule has 0 aliphatic heterocycles. The molecule has 0 radical (unpaired) electrons. The topological polar surface area (TPSA) is 55.4 Å². The van der Waals surface area contributed by atoms with Gasteiger partial charge in [-0.25, -0.2) is 9.18 Å². The van der Waals surface area contributed by atoms with Gasteiger partial charge in [-0.3, -0.25) is 4.79 Å². The lowest BCUT2D eigenvalue weighted by atomic mass is 10.2. The van der Waals surface area contributed by atoms with Gasteiger partial charge in [0.2, 0.25) is 0 Å². The lowest BCUT2D eigenvalue weighted by molar-refractivity contribution is -0.124.